The fourth-order valence-corrected chi connectivity index (χ4v) is 4.00. The van der Waals surface area contributed by atoms with Gasteiger partial charge in [0.2, 0.25) is 0 Å². The summed E-state index contributed by atoms with van der Waals surface area (Å²) in [4.78, 5) is 29.1. The molecule has 1 aromatic heterocycles. The van der Waals surface area contributed by atoms with Crippen LogP contribution >= 0.6 is 22.9 Å². The minimum Gasteiger partial charge on any atom is -0.368 e. The molecule has 1 fully saturated rings. The van der Waals surface area contributed by atoms with Crippen molar-refractivity contribution in [1.82, 2.24) is 4.98 Å². The average molecular weight is 402 g/mol. The van der Waals surface area contributed by atoms with Crippen LogP contribution in [0.5, 0.6) is 0 Å². The second kappa shape index (κ2) is 7.64. The Balaban J connectivity index is 1.47. The van der Waals surface area contributed by atoms with Crippen LogP contribution in [0.2, 0.25) is 5.02 Å². The number of ether oxygens (including phenoxy) is 1. The molecule has 2 heterocycles. The molecular formula is C19H16ClN3O3S. The molecule has 138 valence electrons. The fourth-order valence-electron chi connectivity index (χ4n) is 2.87. The molecular weight excluding hydrogens is 386 g/mol. The number of hydrogen-bond acceptors (Lipinski definition) is 5. The quantitative estimate of drug-likeness (QED) is 0.682. The van der Waals surface area contributed by atoms with Crippen molar-refractivity contribution in [2.24, 2.45) is 0 Å². The normalized spacial score (nSPS) is 16.4. The summed E-state index contributed by atoms with van der Waals surface area (Å²) < 4.78 is 6.27. The molecule has 1 aliphatic heterocycles. The van der Waals surface area contributed by atoms with E-state index in [-0.39, 0.29) is 11.8 Å². The Morgan fingerprint density at radius 2 is 2.07 bits per heavy atom. The van der Waals surface area contributed by atoms with Crippen LogP contribution in [0.3, 0.4) is 0 Å². The number of hydrogen-bond donors (Lipinski definition) is 2. The standard InChI is InChI=1S/C19H16ClN3O3S/c20-12-6-7-14-16(10-12)27-19(22-14)23-17(24)11-3-1-4-13(9-11)21-18(25)15-5-2-8-26-15/h1,3-4,6-7,9-10,15H,2,5,8H2,(H,21,25)(H,22,23,24)/t15-/m1/s1. The number of nitrogens with zero attached hydrogens (tertiary/aromatic N) is 1. The summed E-state index contributed by atoms with van der Waals surface area (Å²) in [5.41, 5.74) is 1.76. The molecule has 0 bridgehead atoms. The van der Waals surface area contributed by atoms with E-state index in [1.165, 1.54) is 11.3 Å². The smallest absolute Gasteiger partial charge is 0.257 e. The van der Waals surface area contributed by atoms with Gasteiger partial charge in [-0.3, -0.25) is 14.9 Å². The summed E-state index contributed by atoms with van der Waals surface area (Å²) in [6.45, 7) is 0.605. The molecule has 1 aliphatic rings. The highest BCUT2D eigenvalue weighted by molar-refractivity contribution is 7.22. The van der Waals surface area contributed by atoms with Gasteiger partial charge in [0.25, 0.3) is 11.8 Å². The van der Waals surface area contributed by atoms with Crippen molar-refractivity contribution in [3.63, 3.8) is 0 Å². The lowest BCUT2D eigenvalue weighted by molar-refractivity contribution is -0.124. The third-order valence-electron chi connectivity index (χ3n) is 4.19. The summed E-state index contributed by atoms with van der Waals surface area (Å²) in [6, 6.07) is 12.2. The van der Waals surface area contributed by atoms with Gasteiger partial charge in [-0.05, 0) is 49.2 Å². The minimum absolute atomic E-state index is 0.187. The number of amides is 2. The van der Waals surface area contributed by atoms with E-state index in [0.29, 0.717) is 34.4 Å². The van der Waals surface area contributed by atoms with Gasteiger partial charge in [-0.1, -0.05) is 29.0 Å². The number of nitrogens with one attached hydrogen (secondary N) is 2. The van der Waals surface area contributed by atoms with Gasteiger partial charge in [0, 0.05) is 22.9 Å². The van der Waals surface area contributed by atoms with E-state index in [1.54, 1.807) is 30.3 Å². The Kier molecular flexibility index (Phi) is 5.07. The lowest BCUT2D eigenvalue weighted by Crippen LogP contribution is -2.27. The van der Waals surface area contributed by atoms with Crippen molar-refractivity contribution in [2.75, 3.05) is 17.2 Å². The van der Waals surface area contributed by atoms with Gasteiger partial charge in [-0.2, -0.15) is 0 Å². The second-order valence-electron chi connectivity index (χ2n) is 6.16. The van der Waals surface area contributed by atoms with E-state index in [9.17, 15) is 9.59 Å². The van der Waals surface area contributed by atoms with Gasteiger partial charge in [0.15, 0.2) is 5.13 Å². The summed E-state index contributed by atoms with van der Waals surface area (Å²) in [6.07, 6.45) is 1.18. The van der Waals surface area contributed by atoms with Crippen molar-refractivity contribution in [3.05, 3.63) is 53.1 Å². The molecule has 2 N–H and O–H groups in total. The SMILES string of the molecule is O=C(Nc1nc2ccc(Cl)cc2s1)c1cccc(NC(=O)[C@H]2CCCO2)c1. The number of carbonyl (C=O) groups excluding carboxylic acids is 2. The number of aromatic nitrogens is 1. The van der Waals surface area contributed by atoms with Gasteiger partial charge >= 0.3 is 0 Å². The predicted molar refractivity (Wildman–Crippen MR) is 107 cm³/mol. The molecule has 4 rings (SSSR count). The van der Waals surface area contributed by atoms with Crippen molar-refractivity contribution < 1.29 is 14.3 Å². The van der Waals surface area contributed by atoms with E-state index in [0.717, 1.165) is 16.6 Å². The Hall–Kier alpha value is -2.48. The van der Waals surface area contributed by atoms with E-state index in [1.807, 2.05) is 12.1 Å². The van der Waals surface area contributed by atoms with Gasteiger partial charge in [-0.25, -0.2) is 4.98 Å². The molecule has 0 aliphatic carbocycles. The second-order valence-corrected chi connectivity index (χ2v) is 7.62. The first-order chi connectivity index (χ1) is 13.1. The number of thiazole rings is 1. The maximum atomic E-state index is 12.5. The predicted octanol–water partition coefficient (Wildman–Crippen LogP) is 4.32. The largest absolute Gasteiger partial charge is 0.368 e. The Morgan fingerprint density at radius 3 is 2.89 bits per heavy atom. The Morgan fingerprint density at radius 1 is 1.19 bits per heavy atom. The number of carbonyl (C=O) groups is 2. The lowest BCUT2D eigenvalue weighted by Gasteiger charge is -2.11. The third-order valence-corrected chi connectivity index (χ3v) is 5.35. The van der Waals surface area contributed by atoms with Crippen molar-refractivity contribution in [1.29, 1.82) is 0 Å². The molecule has 1 saturated heterocycles. The first-order valence-corrected chi connectivity index (χ1v) is 9.68. The zero-order chi connectivity index (χ0) is 18.8. The van der Waals surface area contributed by atoms with E-state index in [4.69, 9.17) is 16.3 Å². The third kappa shape index (κ3) is 4.10. The molecule has 0 saturated carbocycles. The number of fused-ring (bicyclic) bond motifs is 1. The zero-order valence-corrected chi connectivity index (χ0v) is 15.8. The average Bonchev–Trinajstić information content (AvgIpc) is 3.31. The highest BCUT2D eigenvalue weighted by Crippen LogP contribution is 2.28. The summed E-state index contributed by atoms with van der Waals surface area (Å²) in [7, 11) is 0. The number of anilines is 2. The van der Waals surface area contributed by atoms with Gasteiger partial charge < -0.3 is 10.1 Å². The Bertz CT molecular complexity index is 1010. The highest BCUT2D eigenvalue weighted by Gasteiger charge is 2.23. The molecule has 3 aromatic rings. The molecule has 2 amide bonds. The van der Waals surface area contributed by atoms with Crippen LogP contribution in [-0.2, 0) is 9.53 Å². The number of benzene rings is 2. The van der Waals surface area contributed by atoms with Crippen LogP contribution in [0.1, 0.15) is 23.2 Å². The highest BCUT2D eigenvalue weighted by atomic mass is 35.5. The van der Waals surface area contributed by atoms with E-state index in [2.05, 4.69) is 15.6 Å². The lowest BCUT2D eigenvalue weighted by atomic mass is 10.1. The maximum Gasteiger partial charge on any atom is 0.257 e. The van der Waals surface area contributed by atoms with Crippen LogP contribution in [0, 0.1) is 0 Å². The number of rotatable bonds is 4. The fraction of sp³-hybridized carbons (Fsp3) is 0.211. The van der Waals surface area contributed by atoms with E-state index >= 15 is 0 Å². The molecule has 2 aromatic carbocycles. The van der Waals surface area contributed by atoms with Crippen LogP contribution in [0.4, 0.5) is 10.8 Å². The van der Waals surface area contributed by atoms with E-state index < -0.39 is 6.10 Å². The van der Waals surface area contributed by atoms with Crippen LogP contribution in [-0.4, -0.2) is 29.5 Å². The molecule has 8 heteroatoms. The van der Waals surface area contributed by atoms with Crippen molar-refractivity contribution in [2.45, 2.75) is 18.9 Å². The molecule has 0 spiro atoms. The summed E-state index contributed by atoms with van der Waals surface area (Å²) in [5.74, 6) is -0.485. The molecule has 1 atom stereocenters. The topological polar surface area (TPSA) is 80.3 Å². The summed E-state index contributed by atoms with van der Waals surface area (Å²) in [5, 5.41) is 6.71. The molecule has 0 unspecified atom stereocenters. The molecule has 6 nitrogen and oxygen atoms in total. The van der Waals surface area contributed by atoms with Gasteiger partial charge in [0.1, 0.15) is 6.10 Å². The van der Waals surface area contributed by atoms with Crippen LogP contribution in [0.25, 0.3) is 10.2 Å². The Labute approximate surface area is 164 Å². The molecule has 27 heavy (non-hydrogen) atoms. The maximum absolute atomic E-state index is 12.5. The first kappa shape index (κ1) is 17.9. The van der Waals surface area contributed by atoms with Crippen LogP contribution < -0.4 is 10.6 Å². The van der Waals surface area contributed by atoms with Gasteiger partial charge in [0.05, 0.1) is 10.2 Å². The monoisotopic (exact) mass is 401 g/mol. The summed E-state index contributed by atoms with van der Waals surface area (Å²) >= 11 is 7.34. The first-order valence-electron chi connectivity index (χ1n) is 8.48. The van der Waals surface area contributed by atoms with Gasteiger partial charge in [-0.15, -0.1) is 0 Å². The zero-order valence-electron chi connectivity index (χ0n) is 14.2. The minimum atomic E-state index is -0.419. The van der Waals surface area contributed by atoms with Crippen LogP contribution in [0.15, 0.2) is 42.5 Å². The van der Waals surface area contributed by atoms with Crippen molar-refractivity contribution >= 4 is 55.8 Å². The number of halogens is 1. The molecule has 0 radical (unpaired) electrons. The van der Waals surface area contributed by atoms with Crippen molar-refractivity contribution in [3.8, 4) is 0 Å².